The summed E-state index contributed by atoms with van der Waals surface area (Å²) in [5, 5.41) is 10.6. The number of nitro groups is 1. The van der Waals surface area contributed by atoms with Crippen LogP contribution in [0.5, 0.6) is 0 Å². The average Bonchev–Trinajstić information content (AvgIpc) is 2.47. The molecular weight excluding hydrogens is 274 g/mol. The first-order valence-corrected chi connectivity index (χ1v) is 6.86. The number of carbonyl (C=O) groups excluding carboxylic acids is 1. The lowest BCUT2D eigenvalue weighted by Crippen LogP contribution is -2.49. The number of pyridine rings is 1. The first-order valence-electron chi connectivity index (χ1n) is 6.86. The highest BCUT2D eigenvalue weighted by atomic mass is 16.6. The van der Waals surface area contributed by atoms with Crippen LogP contribution in [-0.4, -0.2) is 52.9 Å². The zero-order chi connectivity index (χ0) is 15.4. The Morgan fingerprint density at radius 2 is 2.10 bits per heavy atom. The predicted octanol–water partition coefficient (Wildman–Crippen LogP) is 0.376. The highest BCUT2D eigenvalue weighted by molar-refractivity contribution is 5.77. The number of hydrogen-bond acceptors (Lipinski definition) is 6. The SMILES string of the molecule is CC(N)CC(=O)N1CCN(c2ccc([N+](=O)[O-])cn2)CC1. The monoisotopic (exact) mass is 293 g/mol. The average molecular weight is 293 g/mol. The van der Waals surface area contributed by atoms with Gasteiger partial charge in [0.1, 0.15) is 12.0 Å². The van der Waals surface area contributed by atoms with Crippen LogP contribution in [0.4, 0.5) is 11.5 Å². The quantitative estimate of drug-likeness (QED) is 0.635. The summed E-state index contributed by atoms with van der Waals surface area (Å²) in [7, 11) is 0. The number of anilines is 1. The summed E-state index contributed by atoms with van der Waals surface area (Å²) < 4.78 is 0. The first-order chi connectivity index (χ1) is 9.97. The van der Waals surface area contributed by atoms with Crippen molar-refractivity contribution in [1.29, 1.82) is 0 Å². The molecule has 1 fully saturated rings. The Hall–Kier alpha value is -2.22. The Morgan fingerprint density at radius 1 is 1.43 bits per heavy atom. The summed E-state index contributed by atoms with van der Waals surface area (Å²) in [6.45, 7) is 4.37. The maximum Gasteiger partial charge on any atom is 0.287 e. The van der Waals surface area contributed by atoms with Crippen LogP contribution in [0.25, 0.3) is 0 Å². The van der Waals surface area contributed by atoms with E-state index in [0.717, 1.165) is 0 Å². The van der Waals surface area contributed by atoms with Gasteiger partial charge in [-0.1, -0.05) is 0 Å². The van der Waals surface area contributed by atoms with Gasteiger partial charge in [0.2, 0.25) is 5.91 Å². The van der Waals surface area contributed by atoms with Crippen molar-refractivity contribution in [3.8, 4) is 0 Å². The minimum Gasteiger partial charge on any atom is -0.353 e. The van der Waals surface area contributed by atoms with Crippen molar-refractivity contribution in [3.05, 3.63) is 28.4 Å². The maximum absolute atomic E-state index is 11.9. The van der Waals surface area contributed by atoms with Crippen LogP contribution in [0.3, 0.4) is 0 Å². The molecule has 1 aliphatic heterocycles. The summed E-state index contributed by atoms with van der Waals surface area (Å²) in [4.78, 5) is 29.9. The van der Waals surface area contributed by atoms with E-state index in [-0.39, 0.29) is 17.6 Å². The molecule has 1 saturated heterocycles. The van der Waals surface area contributed by atoms with E-state index < -0.39 is 4.92 Å². The van der Waals surface area contributed by atoms with Gasteiger partial charge in [0.15, 0.2) is 0 Å². The van der Waals surface area contributed by atoms with Crippen LogP contribution in [-0.2, 0) is 4.79 Å². The number of piperazine rings is 1. The molecule has 21 heavy (non-hydrogen) atoms. The van der Waals surface area contributed by atoms with Crippen molar-refractivity contribution in [3.63, 3.8) is 0 Å². The topological polar surface area (TPSA) is 106 Å². The second-order valence-corrected chi connectivity index (χ2v) is 5.18. The summed E-state index contributed by atoms with van der Waals surface area (Å²) in [5.41, 5.74) is 5.61. The summed E-state index contributed by atoms with van der Waals surface area (Å²) in [6, 6.07) is 2.94. The number of carbonyl (C=O) groups is 1. The molecule has 2 rings (SSSR count). The number of hydrogen-bond donors (Lipinski definition) is 1. The fourth-order valence-corrected chi connectivity index (χ4v) is 2.26. The molecule has 2 N–H and O–H groups in total. The van der Waals surface area contributed by atoms with Gasteiger partial charge in [0, 0.05) is 44.7 Å². The minimum atomic E-state index is -0.471. The number of nitrogens with two attached hydrogens (primary N) is 1. The summed E-state index contributed by atoms with van der Waals surface area (Å²) >= 11 is 0. The molecule has 0 radical (unpaired) electrons. The van der Waals surface area contributed by atoms with Gasteiger partial charge in [-0.25, -0.2) is 4.98 Å². The lowest BCUT2D eigenvalue weighted by Gasteiger charge is -2.35. The molecule has 1 unspecified atom stereocenters. The van der Waals surface area contributed by atoms with Gasteiger partial charge in [-0.15, -0.1) is 0 Å². The molecule has 0 saturated carbocycles. The van der Waals surface area contributed by atoms with Crippen molar-refractivity contribution in [1.82, 2.24) is 9.88 Å². The molecule has 1 aliphatic rings. The van der Waals surface area contributed by atoms with Crippen LogP contribution < -0.4 is 10.6 Å². The van der Waals surface area contributed by atoms with E-state index in [1.807, 2.05) is 11.8 Å². The molecule has 1 amide bonds. The number of nitrogens with zero attached hydrogens (tertiary/aromatic N) is 4. The normalized spacial score (nSPS) is 16.7. The molecule has 0 spiro atoms. The lowest BCUT2D eigenvalue weighted by atomic mass is 10.2. The van der Waals surface area contributed by atoms with Crippen LogP contribution >= 0.6 is 0 Å². The van der Waals surface area contributed by atoms with Crippen molar-refractivity contribution in [2.24, 2.45) is 5.73 Å². The minimum absolute atomic E-state index is 0.0236. The molecule has 114 valence electrons. The highest BCUT2D eigenvalue weighted by Gasteiger charge is 2.22. The molecule has 0 aliphatic carbocycles. The van der Waals surface area contributed by atoms with Crippen LogP contribution in [0.1, 0.15) is 13.3 Å². The molecular formula is C13H19N5O3. The highest BCUT2D eigenvalue weighted by Crippen LogP contribution is 2.17. The molecule has 2 heterocycles. The van der Waals surface area contributed by atoms with Gasteiger partial charge in [0.05, 0.1) is 4.92 Å². The zero-order valence-electron chi connectivity index (χ0n) is 11.9. The largest absolute Gasteiger partial charge is 0.353 e. The Morgan fingerprint density at radius 3 is 2.57 bits per heavy atom. The van der Waals surface area contributed by atoms with Crippen LogP contribution in [0.2, 0.25) is 0 Å². The van der Waals surface area contributed by atoms with Gasteiger partial charge in [-0.05, 0) is 13.0 Å². The van der Waals surface area contributed by atoms with E-state index in [1.54, 1.807) is 11.0 Å². The van der Waals surface area contributed by atoms with Gasteiger partial charge in [0.25, 0.3) is 5.69 Å². The summed E-state index contributed by atoms with van der Waals surface area (Å²) in [6.07, 6.45) is 1.61. The summed E-state index contributed by atoms with van der Waals surface area (Å²) in [5.74, 6) is 0.765. The van der Waals surface area contributed by atoms with Gasteiger partial charge >= 0.3 is 0 Å². The zero-order valence-corrected chi connectivity index (χ0v) is 11.9. The third-order valence-corrected chi connectivity index (χ3v) is 3.40. The Balaban J connectivity index is 1.91. The smallest absolute Gasteiger partial charge is 0.287 e. The second-order valence-electron chi connectivity index (χ2n) is 5.18. The number of aromatic nitrogens is 1. The Labute approximate surface area is 122 Å². The third kappa shape index (κ3) is 3.88. The van der Waals surface area contributed by atoms with Gasteiger partial charge in [-0.3, -0.25) is 14.9 Å². The number of rotatable bonds is 4. The van der Waals surface area contributed by atoms with E-state index >= 15 is 0 Å². The fourth-order valence-electron chi connectivity index (χ4n) is 2.26. The third-order valence-electron chi connectivity index (χ3n) is 3.40. The fraction of sp³-hybridized carbons (Fsp3) is 0.538. The Kier molecular flexibility index (Phi) is 4.69. The molecule has 0 bridgehead atoms. The van der Waals surface area contributed by atoms with Crippen molar-refractivity contribution in [2.75, 3.05) is 31.1 Å². The van der Waals surface area contributed by atoms with E-state index in [1.165, 1.54) is 12.3 Å². The molecule has 0 aromatic carbocycles. The van der Waals surface area contributed by atoms with E-state index in [0.29, 0.717) is 38.4 Å². The first kappa shape index (κ1) is 15.2. The van der Waals surface area contributed by atoms with Crippen LogP contribution in [0.15, 0.2) is 18.3 Å². The van der Waals surface area contributed by atoms with Gasteiger partial charge < -0.3 is 15.5 Å². The lowest BCUT2D eigenvalue weighted by molar-refractivity contribution is -0.385. The molecule has 1 aromatic heterocycles. The van der Waals surface area contributed by atoms with Gasteiger partial charge in [-0.2, -0.15) is 0 Å². The number of amides is 1. The van der Waals surface area contributed by atoms with E-state index in [2.05, 4.69) is 4.98 Å². The standard InChI is InChI=1S/C13H19N5O3/c1-10(14)8-13(19)17-6-4-16(5-7-17)12-3-2-11(9-15-12)18(20)21/h2-3,9-10H,4-8,14H2,1H3. The molecule has 1 aromatic rings. The van der Waals surface area contributed by atoms with Crippen molar-refractivity contribution >= 4 is 17.4 Å². The van der Waals surface area contributed by atoms with E-state index in [9.17, 15) is 14.9 Å². The molecule has 1 atom stereocenters. The van der Waals surface area contributed by atoms with E-state index in [4.69, 9.17) is 5.73 Å². The predicted molar refractivity (Wildman–Crippen MR) is 78.0 cm³/mol. The van der Waals surface area contributed by atoms with Crippen molar-refractivity contribution in [2.45, 2.75) is 19.4 Å². The molecule has 8 nitrogen and oxygen atoms in total. The molecule has 8 heteroatoms. The van der Waals surface area contributed by atoms with Crippen LogP contribution in [0, 0.1) is 10.1 Å². The van der Waals surface area contributed by atoms with Crippen molar-refractivity contribution < 1.29 is 9.72 Å². The Bertz CT molecular complexity index is 509. The maximum atomic E-state index is 11.9. The second kappa shape index (κ2) is 6.49.